The average Bonchev–Trinajstić information content (AvgIpc) is 3.18. The zero-order chi connectivity index (χ0) is 18.9. The predicted molar refractivity (Wildman–Crippen MR) is 107 cm³/mol. The van der Waals surface area contributed by atoms with Gasteiger partial charge in [0.1, 0.15) is 0 Å². The largest absolute Gasteiger partial charge is 0.381 e. The molecule has 0 atom stereocenters. The van der Waals surface area contributed by atoms with Crippen molar-refractivity contribution < 1.29 is 9.53 Å². The molecule has 1 amide bonds. The molecule has 0 aliphatic carbocycles. The van der Waals surface area contributed by atoms with Crippen molar-refractivity contribution in [2.45, 2.75) is 12.8 Å². The molecule has 0 aliphatic heterocycles. The van der Waals surface area contributed by atoms with E-state index in [2.05, 4.69) is 43.7 Å². The highest BCUT2D eigenvalue weighted by molar-refractivity contribution is 9.10. The monoisotopic (exact) mass is 428 g/mol. The van der Waals surface area contributed by atoms with Crippen molar-refractivity contribution in [3.8, 4) is 5.69 Å². The van der Waals surface area contributed by atoms with Gasteiger partial charge in [0.15, 0.2) is 5.69 Å². The highest BCUT2D eigenvalue weighted by atomic mass is 79.9. The van der Waals surface area contributed by atoms with E-state index in [1.807, 2.05) is 42.5 Å². The van der Waals surface area contributed by atoms with Crippen molar-refractivity contribution in [3.63, 3.8) is 0 Å². The second-order valence-electron chi connectivity index (χ2n) is 5.99. The number of hydrogen-bond donors (Lipinski definition) is 1. The fourth-order valence-corrected chi connectivity index (χ4v) is 2.90. The van der Waals surface area contributed by atoms with Gasteiger partial charge >= 0.3 is 0 Å². The summed E-state index contributed by atoms with van der Waals surface area (Å²) in [4.78, 5) is 12.2. The van der Waals surface area contributed by atoms with E-state index >= 15 is 0 Å². The van der Waals surface area contributed by atoms with Crippen LogP contribution in [0.25, 0.3) is 5.69 Å². The molecule has 0 saturated heterocycles. The molecule has 6 nitrogen and oxygen atoms in total. The van der Waals surface area contributed by atoms with Gasteiger partial charge in [0.05, 0.1) is 18.5 Å². The lowest BCUT2D eigenvalue weighted by Crippen LogP contribution is -2.25. The second kappa shape index (κ2) is 9.99. The van der Waals surface area contributed by atoms with Crippen LogP contribution in [0.15, 0.2) is 65.3 Å². The van der Waals surface area contributed by atoms with E-state index in [0.717, 1.165) is 23.0 Å². The van der Waals surface area contributed by atoms with Gasteiger partial charge in [-0.15, -0.1) is 5.10 Å². The Labute approximate surface area is 166 Å². The van der Waals surface area contributed by atoms with Crippen LogP contribution in [0.2, 0.25) is 0 Å². The molecule has 1 N–H and O–H groups in total. The molecule has 27 heavy (non-hydrogen) atoms. The van der Waals surface area contributed by atoms with Crippen LogP contribution in [0.5, 0.6) is 0 Å². The lowest BCUT2D eigenvalue weighted by atomic mass is 10.2. The molecule has 2 aromatic carbocycles. The van der Waals surface area contributed by atoms with Crippen LogP contribution < -0.4 is 5.32 Å². The van der Waals surface area contributed by atoms with Gasteiger partial charge in [-0.1, -0.05) is 57.5 Å². The van der Waals surface area contributed by atoms with Gasteiger partial charge in [-0.25, -0.2) is 4.68 Å². The first-order chi connectivity index (χ1) is 13.2. The molecule has 1 heterocycles. The van der Waals surface area contributed by atoms with Gasteiger partial charge in [-0.2, -0.15) is 0 Å². The number of rotatable bonds is 9. The summed E-state index contributed by atoms with van der Waals surface area (Å²) in [5.41, 5.74) is 2.39. The van der Waals surface area contributed by atoms with Crippen LogP contribution in [-0.2, 0) is 11.2 Å². The highest BCUT2D eigenvalue weighted by Crippen LogP contribution is 2.14. The lowest BCUT2D eigenvalue weighted by Gasteiger charge is -2.05. The number of aromatic nitrogens is 3. The molecule has 140 valence electrons. The molecule has 0 radical (unpaired) electrons. The van der Waals surface area contributed by atoms with Gasteiger partial charge in [0, 0.05) is 17.6 Å². The number of nitrogens with one attached hydrogen (secondary N) is 1. The topological polar surface area (TPSA) is 69.0 Å². The first-order valence-corrected chi connectivity index (χ1v) is 9.60. The van der Waals surface area contributed by atoms with Crippen molar-refractivity contribution in [2.75, 3.05) is 19.8 Å². The normalized spacial score (nSPS) is 10.7. The maximum Gasteiger partial charge on any atom is 0.273 e. The van der Waals surface area contributed by atoms with Gasteiger partial charge in [0.25, 0.3) is 5.91 Å². The van der Waals surface area contributed by atoms with E-state index < -0.39 is 0 Å². The Morgan fingerprint density at radius 1 is 1.11 bits per heavy atom. The number of benzene rings is 2. The van der Waals surface area contributed by atoms with Crippen LogP contribution in [0.1, 0.15) is 22.5 Å². The summed E-state index contributed by atoms with van der Waals surface area (Å²) in [6, 6.07) is 17.9. The van der Waals surface area contributed by atoms with E-state index in [0.29, 0.717) is 25.5 Å². The Morgan fingerprint density at radius 3 is 2.78 bits per heavy atom. The Kier molecular flexibility index (Phi) is 7.12. The van der Waals surface area contributed by atoms with Gasteiger partial charge in [-0.3, -0.25) is 4.79 Å². The zero-order valence-electron chi connectivity index (χ0n) is 14.8. The van der Waals surface area contributed by atoms with E-state index in [4.69, 9.17) is 4.74 Å². The maximum absolute atomic E-state index is 12.2. The van der Waals surface area contributed by atoms with Gasteiger partial charge < -0.3 is 10.1 Å². The third-order valence-electron chi connectivity index (χ3n) is 3.93. The summed E-state index contributed by atoms with van der Waals surface area (Å²) >= 11 is 3.42. The summed E-state index contributed by atoms with van der Waals surface area (Å²) in [6.07, 6.45) is 3.26. The first-order valence-electron chi connectivity index (χ1n) is 8.80. The summed E-state index contributed by atoms with van der Waals surface area (Å²) in [6.45, 7) is 1.82. The van der Waals surface area contributed by atoms with E-state index in [9.17, 15) is 4.79 Å². The minimum Gasteiger partial charge on any atom is -0.381 e. The molecule has 3 aromatic rings. The molecule has 0 aliphatic rings. The van der Waals surface area contributed by atoms with Crippen LogP contribution in [0.4, 0.5) is 0 Å². The first kappa shape index (κ1) is 19.3. The Morgan fingerprint density at radius 2 is 1.96 bits per heavy atom. The van der Waals surface area contributed by atoms with Crippen LogP contribution >= 0.6 is 15.9 Å². The lowest BCUT2D eigenvalue weighted by molar-refractivity contribution is 0.0937. The van der Waals surface area contributed by atoms with Gasteiger partial charge in [-0.05, 0) is 36.6 Å². The molecule has 0 fully saturated rings. The minimum atomic E-state index is -0.236. The molecule has 0 unspecified atom stereocenters. The van der Waals surface area contributed by atoms with E-state index in [1.54, 1.807) is 10.9 Å². The van der Waals surface area contributed by atoms with Gasteiger partial charge in [0.2, 0.25) is 0 Å². The third-order valence-corrected chi connectivity index (χ3v) is 4.42. The van der Waals surface area contributed by atoms with Crippen LogP contribution in [0, 0.1) is 0 Å². The summed E-state index contributed by atoms with van der Waals surface area (Å²) in [7, 11) is 0. The number of ether oxygens (including phenoxy) is 1. The Balaban J connectivity index is 1.35. The Bertz CT molecular complexity index is 867. The zero-order valence-corrected chi connectivity index (χ0v) is 16.4. The summed E-state index contributed by atoms with van der Waals surface area (Å²) in [5, 5.41) is 10.8. The molecule has 1 aromatic heterocycles. The summed E-state index contributed by atoms with van der Waals surface area (Å²) < 4.78 is 8.12. The minimum absolute atomic E-state index is 0.236. The van der Waals surface area contributed by atoms with Crippen molar-refractivity contribution in [1.82, 2.24) is 20.3 Å². The number of amides is 1. The number of carbonyl (C=O) groups is 1. The fourth-order valence-electron chi connectivity index (χ4n) is 2.52. The highest BCUT2D eigenvalue weighted by Gasteiger charge is 2.11. The number of carbonyl (C=O) groups excluding carboxylic acids is 1. The molecule has 3 rings (SSSR count). The number of nitrogens with zero attached hydrogens (tertiary/aromatic N) is 3. The fraction of sp³-hybridized carbons (Fsp3) is 0.250. The van der Waals surface area contributed by atoms with Crippen LogP contribution in [-0.4, -0.2) is 40.7 Å². The third kappa shape index (κ3) is 6.01. The average molecular weight is 429 g/mol. The SMILES string of the molecule is O=C(NCCCOCCc1ccccc1)c1cn(-c2cccc(Br)c2)nn1. The molecular weight excluding hydrogens is 408 g/mol. The summed E-state index contributed by atoms with van der Waals surface area (Å²) in [5.74, 6) is -0.236. The molecule has 7 heteroatoms. The molecule has 0 spiro atoms. The maximum atomic E-state index is 12.2. The number of halogens is 1. The van der Waals surface area contributed by atoms with Crippen molar-refractivity contribution in [1.29, 1.82) is 0 Å². The molecule has 0 bridgehead atoms. The van der Waals surface area contributed by atoms with E-state index in [-0.39, 0.29) is 5.91 Å². The smallest absolute Gasteiger partial charge is 0.273 e. The quantitative estimate of drug-likeness (QED) is 0.530. The standard InChI is InChI=1S/C20H21BrN4O2/c21-17-8-4-9-18(14-17)25-15-19(23-24-25)20(26)22-11-5-12-27-13-10-16-6-2-1-3-7-16/h1-4,6-9,14-15H,5,10-13H2,(H,22,26). The van der Waals surface area contributed by atoms with Crippen LogP contribution in [0.3, 0.4) is 0 Å². The molecular formula is C20H21BrN4O2. The van der Waals surface area contributed by atoms with Crippen molar-refractivity contribution >= 4 is 21.8 Å². The predicted octanol–water partition coefficient (Wildman–Crippen LogP) is 3.41. The van der Waals surface area contributed by atoms with E-state index in [1.165, 1.54) is 5.56 Å². The second-order valence-corrected chi connectivity index (χ2v) is 6.90. The number of hydrogen-bond acceptors (Lipinski definition) is 4. The molecule has 0 saturated carbocycles. The van der Waals surface area contributed by atoms with Crippen molar-refractivity contribution in [2.24, 2.45) is 0 Å². The Hall–Kier alpha value is -2.51. The van der Waals surface area contributed by atoms with Crippen molar-refractivity contribution in [3.05, 3.63) is 76.5 Å².